The Labute approximate surface area is 104 Å². The van der Waals surface area contributed by atoms with Gasteiger partial charge in [-0.1, -0.05) is 30.4 Å². The van der Waals surface area contributed by atoms with E-state index in [1.165, 1.54) is 6.92 Å². The molecule has 0 saturated carbocycles. The minimum atomic E-state index is -0.122. The first-order valence-electron chi connectivity index (χ1n) is 5.17. The topological polar surface area (TPSA) is 43.1 Å². The van der Waals surface area contributed by atoms with Crippen LogP contribution in [0.2, 0.25) is 0 Å². The van der Waals surface area contributed by atoms with Crippen LogP contribution >= 0.6 is 12.2 Å². The van der Waals surface area contributed by atoms with E-state index in [9.17, 15) is 4.79 Å². The second-order valence-electron chi connectivity index (χ2n) is 3.68. The molecule has 17 heavy (non-hydrogen) atoms. The van der Waals surface area contributed by atoms with Gasteiger partial charge in [0.05, 0.1) is 5.56 Å². The summed E-state index contributed by atoms with van der Waals surface area (Å²) in [5.41, 5.74) is 1.23. The molecular weight excluding hydrogens is 234 g/mol. The van der Waals surface area contributed by atoms with Gasteiger partial charge in [-0.2, -0.15) is 0 Å². The Morgan fingerprint density at radius 3 is 2.47 bits per heavy atom. The number of ketones is 1. The predicted octanol–water partition coefficient (Wildman–Crippen LogP) is 3.58. The van der Waals surface area contributed by atoms with Crippen molar-refractivity contribution in [3.05, 3.63) is 46.3 Å². The first-order valence-corrected chi connectivity index (χ1v) is 5.58. The van der Waals surface area contributed by atoms with Crippen LogP contribution in [0.5, 0.6) is 0 Å². The number of nitrogens with zero attached hydrogens (tertiary/aromatic N) is 1. The van der Waals surface area contributed by atoms with Crippen molar-refractivity contribution in [1.29, 1.82) is 0 Å². The highest BCUT2D eigenvalue weighted by Crippen LogP contribution is 2.20. The van der Waals surface area contributed by atoms with Crippen molar-refractivity contribution in [3.8, 4) is 11.5 Å². The van der Waals surface area contributed by atoms with Crippen molar-refractivity contribution in [3.63, 3.8) is 0 Å². The Kier molecular flexibility index (Phi) is 3.15. The van der Waals surface area contributed by atoms with Gasteiger partial charge in [0.15, 0.2) is 5.78 Å². The summed E-state index contributed by atoms with van der Waals surface area (Å²) in [6.45, 7) is 3.18. The van der Waals surface area contributed by atoms with Crippen LogP contribution in [-0.4, -0.2) is 10.8 Å². The first kappa shape index (κ1) is 11.7. The maximum absolute atomic E-state index is 11.4. The third-order valence-electron chi connectivity index (χ3n) is 2.39. The van der Waals surface area contributed by atoms with E-state index in [1.54, 1.807) is 6.92 Å². The molecule has 1 aromatic carbocycles. The molecule has 0 saturated heterocycles. The summed E-state index contributed by atoms with van der Waals surface area (Å²) < 4.78 is 5.83. The molecule has 0 fully saturated rings. The Morgan fingerprint density at radius 1 is 1.29 bits per heavy atom. The van der Waals surface area contributed by atoms with Crippen LogP contribution < -0.4 is 0 Å². The zero-order chi connectivity index (χ0) is 12.4. The zero-order valence-corrected chi connectivity index (χ0v) is 10.4. The summed E-state index contributed by atoms with van der Waals surface area (Å²) in [4.78, 5) is 15.5. The molecule has 0 aliphatic heterocycles. The van der Waals surface area contributed by atoms with E-state index < -0.39 is 0 Å². The fraction of sp³-hybridized carbons (Fsp3) is 0.154. The molecular formula is C13H11NO2S. The van der Waals surface area contributed by atoms with Crippen molar-refractivity contribution in [2.45, 2.75) is 13.8 Å². The molecule has 0 radical (unpaired) electrons. The Balaban J connectivity index is 2.62. The minimum Gasteiger partial charge on any atom is -0.442 e. The summed E-state index contributed by atoms with van der Waals surface area (Å²) >= 11 is 5.11. The number of rotatable bonds is 2. The van der Waals surface area contributed by atoms with Gasteiger partial charge in [-0.3, -0.25) is 4.79 Å². The highest BCUT2D eigenvalue weighted by atomic mass is 32.1. The number of aromatic nitrogens is 1. The van der Waals surface area contributed by atoms with E-state index in [0.29, 0.717) is 21.9 Å². The third kappa shape index (κ3) is 2.31. The minimum absolute atomic E-state index is 0.122. The van der Waals surface area contributed by atoms with Crippen LogP contribution in [0.1, 0.15) is 23.0 Å². The normalized spacial score (nSPS) is 10.2. The molecule has 0 aliphatic rings. The smallest absolute Gasteiger partial charge is 0.227 e. The van der Waals surface area contributed by atoms with Crippen LogP contribution in [0.15, 0.2) is 34.7 Å². The number of benzene rings is 1. The zero-order valence-electron chi connectivity index (χ0n) is 9.56. The van der Waals surface area contributed by atoms with Crippen LogP contribution in [-0.2, 0) is 0 Å². The molecule has 0 spiro atoms. The summed E-state index contributed by atoms with van der Waals surface area (Å²) in [7, 11) is 0. The quantitative estimate of drug-likeness (QED) is 0.599. The molecule has 0 amide bonds. The number of carbonyl (C=O) groups excluding carboxylic acids is 1. The van der Waals surface area contributed by atoms with Gasteiger partial charge in [0.1, 0.15) is 10.4 Å². The molecule has 0 atom stereocenters. The van der Waals surface area contributed by atoms with Gasteiger partial charge in [0.25, 0.3) is 0 Å². The van der Waals surface area contributed by atoms with Crippen LogP contribution in [0.3, 0.4) is 0 Å². The van der Waals surface area contributed by atoms with Gasteiger partial charge in [-0.25, -0.2) is 4.98 Å². The largest absolute Gasteiger partial charge is 0.442 e. The molecule has 0 N–H and O–H groups in total. The Bertz CT molecular complexity index is 617. The number of aryl methyl sites for hydroxylation is 1. The molecule has 3 nitrogen and oxygen atoms in total. The summed E-state index contributed by atoms with van der Waals surface area (Å²) in [5, 5.41) is 0. The maximum atomic E-state index is 11.4. The van der Waals surface area contributed by atoms with Crippen LogP contribution in [0.25, 0.3) is 11.5 Å². The second kappa shape index (κ2) is 4.59. The Hall–Kier alpha value is -1.81. The molecule has 1 heterocycles. The van der Waals surface area contributed by atoms with E-state index in [-0.39, 0.29) is 5.78 Å². The molecule has 4 heteroatoms. The van der Waals surface area contributed by atoms with Crippen molar-refractivity contribution < 1.29 is 9.21 Å². The van der Waals surface area contributed by atoms with Crippen LogP contribution in [0, 0.1) is 11.6 Å². The predicted molar refractivity (Wildman–Crippen MR) is 67.5 cm³/mol. The van der Waals surface area contributed by atoms with Crippen molar-refractivity contribution in [2.24, 2.45) is 0 Å². The van der Waals surface area contributed by atoms with Gasteiger partial charge in [-0.15, -0.1) is 0 Å². The number of Topliss-reactive ketones (excluding diaryl/α,β-unsaturated/α-hetero) is 1. The van der Waals surface area contributed by atoms with Crippen molar-refractivity contribution in [2.75, 3.05) is 0 Å². The molecule has 2 rings (SSSR count). The van der Waals surface area contributed by atoms with Crippen molar-refractivity contribution in [1.82, 2.24) is 4.98 Å². The lowest BCUT2D eigenvalue weighted by atomic mass is 10.2. The second-order valence-corrected chi connectivity index (χ2v) is 4.06. The van der Waals surface area contributed by atoms with Crippen molar-refractivity contribution >= 4 is 18.0 Å². The average Bonchev–Trinajstić information content (AvgIpc) is 2.28. The van der Waals surface area contributed by atoms with Gasteiger partial charge >= 0.3 is 0 Å². The molecule has 1 aromatic heterocycles. The highest BCUT2D eigenvalue weighted by molar-refractivity contribution is 7.71. The average molecular weight is 245 g/mol. The summed E-state index contributed by atoms with van der Waals surface area (Å²) in [5.74, 6) is 0.831. The SMILES string of the molecule is CC(=O)c1c(C)oc(-c2ccccc2)nc1=S. The lowest BCUT2D eigenvalue weighted by Gasteiger charge is -2.04. The summed E-state index contributed by atoms with van der Waals surface area (Å²) in [6, 6.07) is 9.46. The van der Waals surface area contributed by atoms with Gasteiger partial charge in [-0.05, 0) is 26.0 Å². The molecule has 86 valence electrons. The third-order valence-corrected chi connectivity index (χ3v) is 2.69. The highest BCUT2D eigenvalue weighted by Gasteiger charge is 2.12. The van der Waals surface area contributed by atoms with E-state index in [1.807, 2.05) is 30.3 Å². The van der Waals surface area contributed by atoms with E-state index in [2.05, 4.69) is 4.98 Å². The van der Waals surface area contributed by atoms with Gasteiger partial charge in [0, 0.05) is 5.56 Å². The number of hydrogen-bond donors (Lipinski definition) is 0. The molecule has 0 unspecified atom stereocenters. The first-order chi connectivity index (χ1) is 8.09. The van der Waals surface area contributed by atoms with E-state index in [4.69, 9.17) is 16.6 Å². The monoisotopic (exact) mass is 245 g/mol. The fourth-order valence-electron chi connectivity index (χ4n) is 1.62. The van der Waals surface area contributed by atoms with E-state index in [0.717, 1.165) is 5.56 Å². The fourth-order valence-corrected chi connectivity index (χ4v) is 1.99. The van der Waals surface area contributed by atoms with Crippen LogP contribution in [0.4, 0.5) is 0 Å². The lowest BCUT2D eigenvalue weighted by Crippen LogP contribution is -2.00. The maximum Gasteiger partial charge on any atom is 0.227 e. The molecule has 0 aliphatic carbocycles. The molecule has 0 bridgehead atoms. The number of carbonyl (C=O) groups is 1. The lowest BCUT2D eigenvalue weighted by molar-refractivity contribution is 0.101. The molecule has 2 aromatic rings. The van der Waals surface area contributed by atoms with Gasteiger partial charge < -0.3 is 4.42 Å². The van der Waals surface area contributed by atoms with E-state index >= 15 is 0 Å². The standard InChI is InChI=1S/C13H11NO2S/c1-8(15)11-9(2)16-12(14-13(11)17)10-6-4-3-5-7-10/h3-7H,1-2H3. The number of hydrogen-bond acceptors (Lipinski definition) is 4. The summed E-state index contributed by atoms with van der Waals surface area (Å²) in [6.07, 6.45) is 0. The Morgan fingerprint density at radius 2 is 1.94 bits per heavy atom. The van der Waals surface area contributed by atoms with Gasteiger partial charge in [0.2, 0.25) is 5.89 Å².